The van der Waals surface area contributed by atoms with Crippen LogP contribution in [0.25, 0.3) is 0 Å². The molecule has 0 radical (unpaired) electrons. The number of rotatable bonds is 7. The number of hydrogen-bond acceptors (Lipinski definition) is 3. The standard InChI is InChI=1S/C14H25N3/c1-4-12(3)10-17(5-2)11-14-7-6-13(8-15)9-16-14/h6-7,9,12H,4-5,8,10-11,15H2,1-3H3. The molecule has 17 heavy (non-hydrogen) atoms. The molecular weight excluding hydrogens is 210 g/mol. The number of hydrogen-bond donors (Lipinski definition) is 1. The molecule has 0 saturated carbocycles. The average Bonchev–Trinajstić information content (AvgIpc) is 2.38. The van der Waals surface area contributed by atoms with Crippen LogP contribution in [0.2, 0.25) is 0 Å². The van der Waals surface area contributed by atoms with Crippen molar-refractivity contribution in [2.75, 3.05) is 13.1 Å². The Balaban J connectivity index is 2.54. The van der Waals surface area contributed by atoms with Crippen molar-refractivity contribution in [3.63, 3.8) is 0 Å². The highest BCUT2D eigenvalue weighted by Crippen LogP contribution is 2.08. The van der Waals surface area contributed by atoms with Crippen LogP contribution >= 0.6 is 0 Å². The van der Waals surface area contributed by atoms with E-state index in [0.717, 1.165) is 36.8 Å². The summed E-state index contributed by atoms with van der Waals surface area (Å²) in [4.78, 5) is 6.89. The van der Waals surface area contributed by atoms with Crippen LogP contribution in [0.3, 0.4) is 0 Å². The maximum atomic E-state index is 5.56. The molecule has 0 saturated heterocycles. The van der Waals surface area contributed by atoms with Crippen molar-refractivity contribution in [3.8, 4) is 0 Å². The van der Waals surface area contributed by atoms with Crippen LogP contribution in [0.5, 0.6) is 0 Å². The molecule has 0 aliphatic rings. The number of pyridine rings is 1. The van der Waals surface area contributed by atoms with Crippen molar-refractivity contribution in [3.05, 3.63) is 29.6 Å². The van der Waals surface area contributed by atoms with Gasteiger partial charge < -0.3 is 5.73 Å². The second kappa shape index (κ2) is 7.41. The Hall–Kier alpha value is -0.930. The zero-order valence-electron chi connectivity index (χ0n) is 11.3. The van der Waals surface area contributed by atoms with Crippen LogP contribution < -0.4 is 5.73 Å². The van der Waals surface area contributed by atoms with E-state index in [4.69, 9.17) is 5.73 Å². The monoisotopic (exact) mass is 235 g/mol. The lowest BCUT2D eigenvalue weighted by molar-refractivity contribution is 0.235. The van der Waals surface area contributed by atoms with Crippen LogP contribution in [0, 0.1) is 5.92 Å². The average molecular weight is 235 g/mol. The SMILES string of the molecule is CCC(C)CN(CC)Cc1ccc(CN)cn1. The van der Waals surface area contributed by atoms with Crippen LogP contribution in [-0.2, 0) is 13.1 Å². The minimum atomic E-state index is 0.567. The van der Waals surface area contributed by atoms with Crippen LogP contribution in [0.1, 0.15) is 38.4 Å². The normalized spacial score (nSPS) is 13.0. The van der Waals surface area contributed by atoms with Crippen molar-refractivity contribution in [1.82, 2.24) is 9.88 Å². The van der Waals surface area contributed by atoms with Crippen molar-refractivity contribution in [2.45, 2.75) is 40.3 Å². The highest BCUT2D eigenvalue weighted by molar-refractivity contribution is 5.13. The molecule has 0 aliphatic heterocycles. The van der Waals surface area contributed by atoms with Gasteiger partial charge in [-0.1, -0.05) is 33.3 Å². The van der Waals surface area contributed by atoms with Gasteiger partial charge in [0.1, 0.15) is 0 Å². The van der Waals surface area contributed by atoms with Crippen LogP contribution in [0.15, 0.2) is 18.3 Å². The van der Waals surface area contributed by atoms with Gasteiger partial charge in [-0.3, -0.25) is 9.88 Å². The predicted octanol–water partition coefficient (Wildman–Crippen LogP) is 2.41. The molecule has 0 aliphatic carbocycles. The molecule has 1 rings (SSSR count). The highest BCUT2D eigenvalue weighted by atomic mass is 15.1. The summed E-state index contributed by atoms with van der Waals surface area (Å²) < 4.78 is 0. The first-order valence-electron chi connectivity index (χ1n) is 6.55. The fourth-order valence-corrected chi connectivity index (χ4v) is 1.77. The predicted molar refractivity (Wildman–Crippen MR) is 72.5 cm³/mol. The quantitative estimate of drug-likeness (QED) is 0.789. The van der Waals surface area contributed by atoms with Crippen molar-refractivity contribution < 1.29 is 0 Å². The third-order valence-corrected chi connectivity index (χ3v) is 3.22. The van der Waals surface area contributed by atoms with E-state index in [9.17, 15) is 0 Å². The summed E-state index contributed by atoms with van der Waals surface area (Å²) in [5, 5.41) is 0. The molecule has 1 aromatic rings. The molecule has 0 bridgehead atoms. The first-order valence-corrected chi connectivity index (χ1v) is 6.55. The van der Waals surface area contributed by atoms with E-state index in [2.05, 4.69) is 42.8 Å². The fraction of sp³-hybridized carbons (Fsp3) is 0.643. The zero-order valence-corrected chi connectivity index (χ0v) is 11.3. The Morgan fingerprint density at radius 3 is 2.59 bits per heavy atom. The molecule has 1 heterocycles. The van der Waals surface area contributed by atoms with E-state index in [-0.39, 0.29) is 0 Å². The molecule has 3 nitrogen and oxygen atoms in total. The van der Waals surface area contributed by atoms with Crippen molar-refractivity contribution in [1.29, 1.82) is 0 Å². The van der Waals surface area contributed by atoms with E-state index in [0.29, 0.717) is 6.54 Å². The summed E-state index contributed by atoms with van der Waals surface area (Å²) >= 11 is 0. The summed E-state index contributed by atoms with van der Waals surface area (Å²) in [5.74, 6) is 0.748. The van der Waals surface area contributed by atoms with Gasteiger partial charge in [0.2, 0.25) is 0 Å². The lowest BCUT2D eigenvalue weighted by Gasteiger charge is -2.23. The van der Waals surface area contributed by atoms with Gasteiger partial charge in [0, 0.05) is 25.8 Å². The van der Waals surface area contributed by atoms with Gasteiger partial charge in [-0.25, -0.2) is 0 Å². The number of nitrogens with two attached hydrogens (primary N) is 1. The maximum Gasteiger partial charge on any atom is 0.0544 e. The van der Waals surface area contributed by atoms with Gasteiger partial charge in [0.15, 0.2) is 0 Å². The molecule has 1 atom stereocenters. The van der Waals surface area contributed by atoms with E-state index < -0.39 is 0 Å². The number of aromatic nitrogens is 1. The van der Waals surface area contributed by atoms with Gasteiger partial charge in [-0.2, -0.15) is 0 Å². The molecule has 0 fully saturated rings. The van der Waals surface area contributed by atoms with E-state index in [1.807, 2.05) is 6.20 Å². The summed E-state index contributed by atoms with van der Waals surface area (Å²) in [6.07, 6.45) is 3.11. The van der Waals surface area contributed by atoms with Gasteiger partial charge >= 0.3 is 0 Å². The largest absolute Gasteiger partial charge is 0.326 e. The summed E-state index contributed by atoms with van der Waals surface area (Å²) in [6, 6.07) is 4.15. The molecule has 1 unspecified atom stereocenters. The van der Waals surface area contributed by atoms with Gasteiger partial charge in [0.05, 0.1) is 5.69 Å². The van der Waals surface area contributed by atoms with E-state index in [1.165, 1.54) is 6.42 Å². The highest BCUT2D eigenvalue weighted by Gasteiger charge is 2.08. The second-order valence-corrected chi connectivity index (χ2v) is 4.70. The lowest BCUT2D eigenvalue weighted by Crippen LogP contribution is -2.28. The lowest BCUT2D eigenvalue weighted by atomic mass is 10.1. The van der Waals surface area contributed by atoms with Crippen molar-refractivity contribution >= 4 is 0 Å². The number of nitrogens with zero attached hydrogens (tertiary/aromatic N) is 2. The summed E-state index contributed by atoms with van der Waals surface area (Å²) in [5.41, 5.74) is 7.79. The Morgan fingerprint density at radius 1 is 1.35 bits per heavy atom. The maximum absolute atomic E-state index is 5.56. The molecule has 0 spiro atoms. The molecule has 2 N–H and O–H groups in total. The van der Waals surface area contributed by atoms with Gasteiger partial charge in [-0.15, -0.1) is 0 Å². The van der Waals surface area contributed by atoms with Crippen LogP contribution in [-0.4, -0.2) is 23.0 Å². The molecule has 0 aromatic carbocycles. The molecule has 0 amide bonds. The van der Waals surface area contributed by atoms with Gasteiger partial charge in [-0.05, 0) is 24.1 Å². The Labute approximate surface area is 105 Å². The molecular formula is C14H25N3. The van der Waals surface area contributed by atoms with E-state index >= 15 is 0 Å². The Morgan fingerprint density at radius 2 is 2.12 bits per heavy atom. The van der Waals surface area contributed by atoms with Crippen LogP contribution in [0.4, 0.5) is 0 Å². The molecule has 3 heteroatoms. The molecule has 96 valence electrons. The summed E-state index contributed by atoms with van der Waals surface area (Å²) in [7, 11) is 0. The fourth-order valence-electron chi connectivity index (χ4n) is 1.77. The Kier molecular flexibility index (Phi) is 6.16. The third kappa shape index (κ3) is 4.84. The topological polar surface area (TPSA) is 42.1 Å². The first kappa shape index (κ1) is 14.1. The smallest absolute Gasteiger partial charge is 0.0544 e. The Bertz CT molecular complexity index is 308. The van der Waals surface area contributed by atoms with Crippen molar-refractivity contribution in [2.24, 2.45) is 11.7 Å². The minimum absolute atomic E-state index is 0.567. The first-order chi connectivity index (χ1) is 8.19. The van der Waals surface area contributed by atoms with E-state index in [1.54, 1.807) is 0 Å². The van der Waals surface area contributed by atoms with Gasteiger partial charge in [0.25, 0.3) is 0 Å². The minimum Gasteiger partial charge on any atom is -0.326 e. The molecule has 1 aromatic heterocycles. The third-order valence-electron chi connectivity index (χ3n) is 3.22. The zero-order chi connectivity index (χ0) is 12.7. The summed E-state index contributed by atoms with van der Waals surface area (Å²) in [6.45, 7) is 10.5. The second-order valence-electron chi connectivity index (χ2n) is 4.70.